The van der Waals surface area contributed by atoms with Gasteiger partial charge in [0.15, 0.2) is 6.61 Å². The maximum Gasteiger partial charge on any atom is 0.342 e. The Morgan fingerprint density at radius 2 is 1.87 bits per heavy atom. The second kappa shape index (κ2) is 10.1. The summed E-state index contributed by atoms with van der Waals surface area (Å²) in [6.45, 7) is 4.27. The number of para-hydroxylation sites is 1. The van der Waals surface area contributed by atoms with Crippen molar-refractivity contribution in [2.45, 2.75) is 33.3 Å². The van der Waals surface area contributed by atoms with Gasteiger partial charge in [0.25, 0.3) is 5.91 Å². The van der Waals surface area contributed by atoms with Gasteiger partial charge >= 0.3 is 11.9 Å². The smallest absolute Gasteiger partial charge is 0.342 e. The molecule has 2 aromatic rings. The van der Waals surface area contributed by atoms with Crippen LogP contribution in [0.4, 0.5) is 0 Å². The minimum Gasteiger partial charge on any atom is -0.488 e. The van der Waals surface area contributed by atoms with E-state index in [0.29, 0.717) is 37.4 Å². The van der Waals surface area contributed by atoms with E-state index in [0.717, 1.165) is 11.3 Å². The maximum absolute atomic E-state index is 12.6. The Bertz CT molecular complexity index is 926. The number of methoxy groups -OCH3 is 1. The number of rotatable bonds is 7. The van der Waals surface area contributed by atoms with Gasteiger partial charge in [0.1, 0.15) is 23.7 Å². The molecular formula is C22H26N2O7. The highest BCUT2D eigenvalue weighted by molar-refractivity contribution is 5.94. The van der Waals surface area contributed by atoms with E-state index in [-0.39, 0.29) is 36.6 Å². The Morgan fingerprint density at radius 1 is 1.16 bits per heavy atom. The fourth-order valence-corrected chi connectivity index (χ4v) is 3.45. The van der Waals surface area contributed by atoms with Gasteiger partial charge in [-0.1, -0.05) is 17.3 Å². The summed E-state index contributed by atoms with van der Waals surface area (Å²) in [6.07, 6.45) is 1.06. The Kier molecular flexibility index (Phi) is 7.28. The number of esters is 2. The average Bonchev–Trinajstić information content (AvgIpc) is 3.12. The Morgan fingerprint density at radius 3 is 2.52 bits per heavy atom. The van der Waals surface area contributed by atoms with E-state index in [1.807, 2.05) is 6.92 Å². The zero-order valence-corrected chi connectivity index (χ0v) is 17.9. The highest BCUT2D eigenvalue weighted by atomic mass is 16.5. The zero-order chi connectivity index (χ0) is 22.4. The van der Waals surface area contributed by atoms with Crippen molar-refractivity contribution in [3.63, 3.8) is 0 Å². The van der Waals surface area contributed by atoms with E-state index < -0.39 is 5.97 Å². The second-order valence-electron chi connectivity index (χ2n) is 7.34. The largest absolute Gasteiger partial charge is 0.488 e. The molecule has 0 radical (unpaired) electrons. The summed E-state index contributed by atoms with van der Waals surface area (Å²) in [5.41, 5.74) is 1.76. The zero-order valence-electron chi connectivity index (χ0n) is 17.9. The quantitative estimate of drug-likeness (QED) is 0.617. The Hall–Kier alpha value is -3.36. The molecule has 0 saturated carbocycles. The number of aromatic nitrogens is 1. The molecule has 0 atom stereocenters. The Labute approximate surface area is 180 Å². The molecule has 3 rings (SSSR count). The van der Waals surface area contributed by atoms with Gasteiger partial charge in [-0.15, -0.1) is 0 Å². The van der Waals surface area contributed by atoms with Crippen LogP contribution in [0.2, 0.25) is 0 Å². The van der Waals surface area contributed by atoms with Crippen molar-refractivity contribution in [1.29, 1.82) is 0 Å². The van der Waals surface area contributed by atoms with Crippen LogP contribution in [0.25, 0.3) is 0 Å². The van der Waals surface area contributed by atoms with Crippen LogP contribution in [-0.4, -0.2) is 54.7 Å². The fourth-order valence-electron chi connectivity index (χ4n) is 3.45. The summed E-state index contributed by atoms with van der Waals surface area (Å²) < 4.78 is 20.9. The van der Waals surface area contributed by atoms with Crippen molar-refractivity contribution in [2.24, 2.45) is 5.92 Å². The summed E-state index contributed by atoms with van der Waals surface area (Å²) in [5.74, 6) is -0.402. The molecular weight excluding hydrogens is 404 g/mol. The topological polar surface area (TPSA) is 108 Å². The molecule has 1 amide bonds. The number of carbonyl (C=O) groups is 3. The summed E-state index contributed by atoms with van der Waals surface area (Å²) in [4.78, 5) is 38.2. The monoisotopic (exact) mass is 430 g/mol. The lowest BCUT2D eigenvalue weighted by atomic mass is 9.97. The maximum atomic E-state index is 12.6. The van der Waals surface area contributed by atoms with Crippen LogP contribution in [-0.2, 0) is 25.7 Å². The summed E-state index contributed by atoms with van der Waals surface area (Å²) >= 11 is 0. The van der Waals surface area contributed by atoms with Crippen LogP contribution in [0.1, 0.15) is 40.2 Å². The molecule has 1 aromatic heterocycles. The number of likely N-dealkylation sites (tertiary alicyclic amines) is 1. The molecule has 1 saturated heterocycles. The van der Waals surface area contributed by atoms with Gasteiger partial charge < -0.3 is 23.6 Å². The number of nitrogens with zero attached hydrogens (tertiary/aromatic N) is 2. The lowest BCUT2D eigenvalue weighted by Crippen LogP contribution is -2.42. The van der Waals surface area contributed by atoms with E-state index in [9.17, 15) is 14.4 Å². The predicted molar refractivity (Wildman–Crippen MR) is 108 cm³/mol. The summed E-state index contributed by atoms with van der Waals surface area (Å²) in [7, 11) is 1.36. The molecule has 9 heteroatoms. The van der Waals surface area contributed by atoms with Gasteiger partial charge in [0, 0.05) is 13.1 Å². The molecule has 166 valence electrons. The minimum atomic E-state index is -0.646. The van der Waals surface area contributed by atoms with Crippen LogP contribution < -0.4 is 4.74 Å². The number of amides is 1. The van der Waals surface area contributed by atoms with Gasteiger partial charge in [-0.2, -0.15) is 0 Å². The van der Waals surface area contributed by atoms with E-state index in [1.54, 1.807) is 36.1 Å². The summed E-state index contributed by atoms with van der Waals surface area (Å²) in [5, 5.41) is 3.88. The second-order valence-corrected chi connectivity index (χ2v) is 7.34. The molecule has 2 heterocycles. The van der Waals surface area contributed by atoms with Gasteiger partial charge in [-0.3, -0.25) is 9.59 Å². The number of aryl methyl sites for hydroxylation is 2. The number of benzene rings is 1. The molecule has 0 spiro atoms. The van der Waals surface area contributed by atoms with Gasteiger partial charge in [0.2, 0.25) is 0 Å². The lowest BCUT2D eigenvalue weighted by molar-refractivity contribution is -0.149. The number of carbonyl (C=O) groups excluding carboxylic acids is 3. The van der Waals surface area contributed by atoms with E-state index in [4.69, 9.17) is 18.7 Å². The highest BCUT2D eigenvalue weighted by Gasteiger charge is 2.28. The van der Waals surface area contributed by atoms with Crippen molar-refractivity contribution in [2.75, 3.05) is 26.8 Å². The minimum absolute atomic E-state index is 0.194. The average molecular weight is 430 g/mol. The van der Waals surface area contributed by atoms with Crippen molar-refractivity contribution in [3.8, 4) is 5.75 Å². The third-order valence-corrected chi connectivity index (χ3v) is 5.37. The molecule has 1 fully saturated rings. The molecule has 0 bridgehead atoms. The first-order valence-corrected chi connectivity index (χ1v) is 10.1. The van der Waals surface area contributed by atoms with Crippen LogP contribution in [0.3, 0.4) is 0 Å². The van der Waals surface area contributed by atoms with E-state index >= 15 is 0 Å². The van der Waals surface area contributed by atoms with Gasteiger partial charge in [0.05, 0.1) is 24.3 Å². The number of ether oxygens (including phenoxy) is 3. The van der Waals surface area contributed by atoms with Gasteiger partial charge in [-0.05, 0) is 38.8 Å². The van der Waals surface area contributed by atoms with Crippen molar-refractivity contribution < 1.29 is 33.1 Å². The third-order valence-electron chi connectivity index (χ3n) is 5.37. The normalized spacial score (nSPS) is 14.2. The molecule has 1 aliphatic heterocycles. The van der Waals surface area contributed by atoms with Crippen molar-refractivity contribution >= 4 is 17.8 Å². The SMILES string of the molecule is COC(=O)C1CCN(C(=O)COC(=O)c2ccccc2OCc2c(C)noc2C)CC1. The van der Waals surface area contributed by atoms with Crippen LogP contribution in [0.15, 0.2) is 28.8 Å². The molecule has 9 nitrogen and oxygen atoms in total. The first kappa shape index (κ1) is 22.3. The van der Waals surface area contributed by atoms with Crippen LogP contribution >= 0.6 is 0 Å². The number of hydrogen-bond acceptors (Lipinski definition) is 8. The fraction of sp³-hybridized carbons (Fsp3) is 0.455. The first-order chi connectivity index (χ1) is 14.9. The molecule has 1 aliphatic rings. The molecule has 0 aliphatic carbocycles. The molecule has 31 heavy (non-hydrogen) atoms. The lowest BCUT2D eigenvalue weighted by Gasteiger charge is -2.30. The van der Waals surface area contributed by atoms with Crippen LogP contribution in [0.5, 0.6) is 5.75 Å². The van der Waals surface area contributed by atoms with Gasteiger partial charge in [-0.25, -0.2) is 4.79 Å². The van der Waals surface area contributed by atoms with E-state index in [1.165, 1.54) is 7.11 Å². The highest BCUT2D eigenvalue weighted by Crippen LogP contribution is 2.23. The molecule has 0 N–H and O–H groups in total. The third kappa shape index (κ3) is 5.42. The Balaban J connectivity index is 1.54. The molecule has 1 aromatic carbocycles. The molecule has 0 unspecified atom stereocenters. The predicted octanol–water partition coefficient (Wildman–Crippen LogP) is 2.44. The number of hydrogen-bond donors (Lipinski definition) is 0. The van der Waals surface area contributed by atoms with Crippen LogP contribution in [0, 0.1) is 19.8 Å². The standard InChI is InChI=1S/C22H26N2O7/c1-14-18(15(2)31-23-14)12-29-19-7-5-4-6-17(19)22(27)30-13-20(25)24-10-8-16(9-11-24)21(26)28-3/h4-7,16H,8-13H2,1-3H3. The number of piperidine rings is 1. The van der Waals surface area contributed by atoms with Crippen molar-refractivity contribution in [1.82, 2.24) is 10.1 Å². The van der Waals surface area contributed by atoms with Crippen molar-refractivity contribution in [3.05, 3.63) is 46.8 Å². The first-order valence-electron chi connectivity index (χ1n) is 10.1. The summed E-state index contributed by atoms with van der Waals surface area (Å²) in [6, 6.07) is 6.68. The van der Waals surface area contributed by atoms with E-state index in [2.05, 4.69) is 5.16 Å².